The molecular weight excluding hydrogens is 292 g/mol. The molecule has 1 atom stereocenters. The highest BCUT2D eigenvalue weighted by atomic mass is 16.2. The molecule has 124 valence electrons. The quantitative estimate of drug-likeness (QED) is 0.818. The zero-order valence-corrected chi connectivity index (χ0v) is 14.0. The molecule has 0 aromatic carbocycles. The van der Waals surface area contributed by atoms with Crippen LogP contribution in [-0.2, 0) is 4.79 Å². The van der Waals surface area contributed by atoms with Crippen LogP contribution < -0.4 is 0 Å². The number of aromatic nitrogens is 1. The highest BCUT2D eigenvalue weighted by Gasteiger charge is 2.55. The molecule has 6 nitrogen and oxygen atoms in total. The lowest BCUT2D eigenvalue weighted by Gasteiger charge is -2.51. The first-order valence-electron chi connectivity index (χ1n) is 8.02. The normalized spacial score (nSPS) is 22.5. The Labute approximate surface area is 137 Å². The second-order valence-corrected chi connectivity index (χ2v) is 7.10. The summed E-state index contributed by atoms with van der Waals surface area (Å²) < 4.78 is 0. The van der Waals surface area contributed by atoms with Crippen molar-refractivity contribution in [3.05, 3.63) is 30.1 Å². The van der Waals surface area contributed by atoms with E-state index in [2.05, 4.69) is 24.0 Å². The van der Waals surface area contributed by atoms with E-state index in [4.69, 9.17) is 0 Å². The predicted octanol–water partition coefficient (Wildman–Crippen LogP) is 0.564. The molecule has 0 N–H and O–H groups in total. The van der Waals surface area contributed by atoms with Crippen LogP contribution in [0.2, 0.25) is 0 Å². The van der Waals surface area contributed by atoms with E-state index in [-0.39, 0.29) is 17.2 Å². The van der Waals surface area contributed by atoms with E-state index in [9.17, 15) is 9.59 Å². The van der Waals surface area contributed by atoms with Gasteiger partial charge in [0.2, 0.25) is 5.91 Å². The molecule has 0 saturated carbocycles. The van der Waals surface area contributed by atoms with Crippen molar-refractivity contribution >= 4 is 11.8 Å². The van der Waals surface area contributed by atoms with Crippen LogP contribution in [0.25, 0.3) is 0 Å². The second-order valence-electron chi connectivity index (χ2n) is 7.10. The van der Waals surface area contributed by atoms with Crippen molar-refractivity contribution in [2.24, 2.45) is 11.3 Å². The first-order valence-corrected chi connectivity index (χ1v) is 8.02. The molecule has 2 amide bonds. The Balaban J connectivity index is 1.70. The van der Waals surface area contributed by atoms with Crippen LogP contribution in [-0.4, -0.2) is 78.3 Å². The van der Waals surface area contributed by atoms with Crippen LogP contribution >= 0.6 is 0 Å². The standard InChI is InChI=1S/C17H24N4O2/c1-13(22)20-9-14(8-19(2)3)17(10-20)11-21(12-17)16(23)15-6-4-5-7-18-15/h4-7,14H,8-12H2,1-3H3. The van der Waals surface area contributed by atoms with Crippen molar-refractivity contribution in [3.63, 3.8) is 0 Å². The van der Waals surface area contributed by atoms with E-state index in [0.29, 0.717) is 24.7 Å². The summed E-state index contributed by atoms with van der Waals surface area (Å²) in [5.74, 6) is 0.524. The first-order chi connectivity index (χ1) is 10.9. The Morgan fingerprint density at radius 2 is 1.96 bits per heavy atom. The van der Waals surface area contributed by atoms with Gasteiger partial charge in [0.25, 0.3) is 5.91 Å². The molecule has 1 aromatic rings. The number of hydrogen-bond acceptors (Lipinski definition) is 4. The third kappa shape index (κ3) is 2.95. The Hall–Kier alpha value is -1.95. The summed E-state index contributed by atoms with van der Waals surface area (Å²) >= 11 is 0. The molecule has 2 aliphatic heterocycles. The Kier molecular flexibility index (Phi) is 4.10. The van der Waals surface area contributed by atoms with E-state index in [1.165, 1.54) is 0 Å². The number of carbonyl (C=O) groups excluding carboxylic acids is 2. The number of carbonyl (C=O) groups is 2. The fraction of sp³-hybridized carbons (Fsp3) is 0.588. The monoisotopic (exact) mass is 316 g/mol. The van der Waals surface area contributed by atoms with Crippen LogP contribution in [0.4, 0.5) is 0 Å². The summed E-state index contributed by atoms with van der Waals surface area (Å²) in [5.41, 5.74) is 0.535. The van der Waals surface area contributed by atoms with Crippen LogP contribution in [0.1, 0.15) is 17.4 Å². The maximum absolute atomic E-state index is 12.5. The molecule has 1 aromatic heterocycles. The highest BCUT2D eigenvalue weighted by Crippen LogP contribution is 2.44. The molecule has 3 heterocycles. The fourth-order valence-electron chi connectivity index (χ4n) is 3.83. The Bertz CT molecular complexity index is 596. The molecule has 2 fully saturated rings. The summed E-state index contributed by atoms with van der Waals surface area (Å²) in [4.78, 5) is 34.3. The zero-order valence-electron chi connectivity index (χ0n) is 14.0. The van der Waals surface area contributed by atoms with Gasteiger partial charge in [-0.1, -0.05) is 6.07 Å². The van der Waals surface area contributed by atoms with Gasteiger partial charge in [0.1, 0.15) is 5.69 Å². The third-order valence-electron chi connectivity index (χ3n) is 5.03. The zero-order chi connectivity index (χ0) is 16.6. The van der Waals surface area contributed by atoms with Gasteiger partial charge >= 0.3 is 0 Å². The minimum absolute atomic E-state index is 0.0129. The summed E-state index contributed by atoms with van der Waals surface area (Å²) in [6.45, 7) is 5.54. The van der Waals surface area contributed by atoms with Gasteiger partial charge in [-0.15, -0.1) is 0 Å². The molecule has 0 aliphatic carbocycles. The average molecular weight is 316 g/mol. The lowest BCUT2D eigenvalue weighted by molar-refractivity contribution is -0.128. The van der Waals surface area contributed by atoms with Gasteiger partial charge in [0, 0.05) is 51.3 Å². The molecule has 2 aliphatic rings. The summed E-state index contributed by atoms with van der Waals surface area (Å²) in [6.07, 6.45) is 1.64. The van der Waals surface area contributed by atoms with Crippen LogP contribution in [0.3, 0.4) is 0 Å². The number of hydrogen-bond donors (Lipinski definition) is 0. The summed E-state index contributed by atoms with van der Waals surface area (Å²) in [6, 6.07) is 5.39. The number of nitrogens with zero attached hydrogens (tertiary/aromatic N) is 4. The van der Waals surface area contributed by atoms with Gasteiger partial charge in [-0.3, -0.25) is 14.6 Å². The lowest BCUT2D eigenvalue weighted by atomic mass is 9.71. The van der Waals surface area contributed by atoms with Gasteiger partial charge < -0.3 is 14.7 Å². The second kappa shape index (κ2) is 5.92. The van der Waals surface area contributed by atoms with Crippen LogP contribution in [0.15, 0.2) is 24.4 Å². The molecule has 1 spiro atoms. The van der Waals surface area contributed by atoms with Crippen LogP contribution in [0, 0.1) is 11.3 Å². The van der Waals surface area contributed by atoms with Gasteiger partial charge in [-0.25, -0.2) is 0 Å². The summed E-state index contributed by atoms with van der Waals surface area (Å²) in [7, 11) is 4.11. The molecule has 0 bridgehead atoms. The van der Waals surface area contributed by atoms with Crippen molar-refractivity contribution in [2.75, 3.05) is 46.8 Å². The lowest BCUT2D eigenvalue weighted by Crippen LogP contribution is -2.63. The topological polar surface area (TPSA) is 56.8 Å². The third-order valence-corrected chi connectivity index (χ3v) is 5.03. The van der Waals surface area contributed by atoms with Crippen molar-refractivity contribution < 1.29 is 9.59 Å². The number of amides is 2. The number of likely N-dealkylation sites (tertiary alicyclic amines) is 2. The predicted molar refractivity (Wildman–Crippen MR) is 86.9 cm³/mol. The molecule has 0 radical (unpaired) electrons. The summed E-state index contributed by atoms with van der Waals surface area (Å²) in [5, 5.41) is 0. The Morgan fingerprint density at radius 3 is 2.52 bits per heavy atom. The molecule has 6 heteroatoms. The van der Waals surface area contributed by atoms with E-state index in [1.807, 2.05) is 21.9 Å². The van der Waals surface area contributed by atoms with E-state index >= 15 is 0 Å². The minimum atomic E-state index is -0.0129. The molecule has 2 saturated heterocycles. The van der Waals surface area contributed by atoms with Gasteiger partial charge in [-0.2, -0.15) is 0 Å². The molecule has 1 unspecified atom stereocenters. The average Bonchev–Trinajstić information content (AvgIpc) is 2.85. The van der Waals surface area contributed by atoms with E-state index < -0.39 is 0 Å². The number of pyridine rings is 1. The number of rotatable bonds is 3. The smallest absolute Gasteiger partial charge is 0.272 e. The maximum atomic E-state index is 12.5. The van der Waals surface area contributed by atoms with Crippen LogP contribution in [0.5, 0.6) is 0 Å². The first kappa shape index (κ1) is 15.9. The maximum Gasteiger partial charge on any atom is 0.272 e. The largest absolute Gasteiger partial charge is 0.342 e. The SMILES string of the molecule is CC(=O)N1CC(CN(C)C)C2(C1)CN(C(=O)c1ccccn1)C2. The van der Waals surface area contributed by atoms with Crippen molar-refractivity contribution in [2.45, 2.75) is 6.92 Å². The van der Waals surface area contributed by atoms with Gasteiger partial charge in [-0.05, 0) is 32.1 Å². The van der Waals surface area contributed by atoms with E-state index in [1.54, 1.807) is 19.2 Å². The van der Waals surface area contributed by atoms with Gasteiger partial charge in [0.15, 0.2) is 0 Å². The van der Waals surface area contributed by atoms with E-state index in [0.717, 1.165) is 19.6 Å². The fourth-order valence-corrected chi connectivity index (χ4v) is 3.83. The Morgan fingerprint density at radius 1 is 1.26 bits per heavy atom. The molecule has 3 rings (SSSR count). The minimum Gasteiger partial charge on any atom is -0.342 e. The molecular formula is C17H24N4O2. The molecule has 23 heavy (non-hydrogen) atoms. The van der Waals surface area contributed by atoms with Crippen molar-refractivity contribution in [1.82, 2.24) is 19.7 Å². The van der Waals surface area contributed by atoms with Crippen molar-refractivity contribution in [3.8, 4) is 0 Å². The van der Waals surface area contributed by atoms with Crippen molar-refractivity contribution in [1.29, 1.82) is 0 Å². The highest BCUT2D eigenvalue weighted by molar-refractivity contribution is 5.93. The van der Waals surface area contributed by atoms with Gasteiger partial charge in [0.05, 0.1) is 0 Å².